The van der Waals surface area contributed by atoms with Gasteiger partial charge in [-0.1, -0.05) is 18.2 Å². The summed E-state index contributed by atoms with van der Waals surface area (Å²) in [6.07, 6.45) is 0. The maximum atomic E-state index is 12.0. The standard InChI is InChI=1S/C15H18BrN3O2/c1-5-19(4)15-17-13(20)11(16)14(18-15)21-12-9(2)7-6-8-10(12)3/h6-8H,5H2,1-4H3,(H,17,18,20). The maximum Gasteiger partial charge on any atom is 0.270 e. The highest BCUT2D eigenvalue weighted by molar-refractivity contribution is 9.10. The smallest absolute Gasteiger partial charge is 0.270 e. The molecule has 0 unspecified atom stereocenters. The van der Waals surface area contributed by atoms with Crippen LogP contribution in [0, 0.1) is 13.8 Å². The zero-order chi connectivity index (χ0) is 15.6. The van der Waals surface area contributed by atoms with Gasteiger partial charge in [-0.2, -0.15) is 4.98 Å². The SMILES string of the molecule is CCN(C)c1nc(Oc2c(C)cccc2C)c(Br)c(=O)[nH]1. The van der Waals surface area contributed by atoms with Crippen LogP contribution >= 0.6 is 15.9 Å². The van der Waals surface area contributed by atoms with Crippen LogP contribution in [-0.2, 0) is 0 Å². The molecule has 112 valence electrons. The number of para-hydroxylation sites is 1. The number of aromatic nitrogens is 2. The second kappa shape index (κ2) is 6.30. The fraction of sp³-hybridized carbons (Fsp3) is 0.333. The highest BCUT2D eigenvalue weighted by Gasteiger charge is 2.15. The van der Waals surface area contributed by atoms with Gasteiger partial charge < -0.3 is 9.64 Å². The van der Waals surface area contributed by atoms with E-state index in [1.807, 2.05) is 50.9 Å². The van der Waals surface area contributed by atoms with Crippen molar-refractivity contribution in [3.63, 3.8) is 0 Å². The van der Waals surface area contributed by atoms with Gasteiger partial charge in [-0.05, 0) is 47.8 Å². The molecular formula is C15H18BrN3O2. The van der Waals surface area contributed by atoms with Crippen LogP contribution in [0.15, 0.2) is 27.5 Å². The molecule has 2 aromatic rings. The van der Waals surface area contributed by atoms with Crippen molar-refractivity contribution >= 4 is 21.9 Å². The summed E-state index contributed by atoms with van der Waals surface area (Å²) in [5.41, 5.74) is 1.73. The van der Waals surface area contributed by atoms with Gasteiger partial charge in [0.25, 0.3) is 5.56 Å². The van der Waals surface area contributed by atoms with E-state index in [1.165, 1.54) is 0 Å². The molecule has 0 saturated carbocycles. The monoisotopic (exact) mass is 351 g/mol. The first-order valence-corrected chi connectivity index (χ1v) is 7.48. The van der Waals surface area contributed by atoms with Crippen LogP contribution < -0.4 is 15.2 Å². The Kier molecular flexibility index (Phi) is 4.67. The molecule has 1 aromatic carbocycles. The number of H-pyrrole nitrogens is 1. The first-order valence-electron chi connectivity index (χ1n) is 6.69. The Bertz CT molecular complexity index is 692. The van der Waals surface area contributed by atoms with Crippen LogP contribution in [0.1, 0.15) is 18.1 Å². The first kappa shape index (κ1) is 15.6. The summed E-state index contributed by atoms with van der Waals surface area (Å²) in [4.78, 5) is 20.9. The summed E-state index contributed by atoms with van der Waals surface area (Å²) >= 11 is 3.24. The van der Waals surface area contributed by atoms with Crippen LogP contribution in [0.2, 0.25) is 0 Å². The second-order valence-electron chi connectivity index (χ2n) is 4.85. The predicted octanol–water partition coefficient (Wildman–Crippen LogP) is 3.40. The summed E-state index contributed by atoms with van der Waals surface area (Å²) < 4.78 is 6.17. The number of nitrogens with one attached hydrogen (secondary N) is 1. The minimum Gasteiger partial charge on any atom is -0.437 e. The molecule has 0 saturated heterocycles. The number of anilines is 1. The van der Waals surface area contributed by atoms with Crippen molar-refractivity contribution in [3.05, 3.63) is 44.2 Å². The minimum absolute atomic E-state index is 0.262. The molecule has 0 aliphatic rings. The summed E-state index contributed by atoms with van der Waals surface area (Å²) in [5.74, 6) is 1.47. The van der Waals surface area contributed by atoms with E-state index in [4.69, 9.17) is 4.74 Å². The van der Waals surface area contributed by atoms with Gasteiger partial charge in [0, 0.05) is 13.6 Å². The van der Waals surface area contributed by atoms with E-state index in [0.717, 1.165) is 23.4 Å². The van der Waals surface area contributed by atoms with Crippen molar-refractivity contribution in [3.8, 4) is 11.6 Å². The average molecular weight is 352 g/mol. The molecule has 1 heterocycles. The molecule has 0 bridgehead atoms. The van der Waals surface area contributed by atoms with Crippen molar-refractivity contribution in [1.29, 1.82) is 0 Å². The molecule has 0 fully saturated rings. The summed E-state index contributed by atoms with van der Waals surface area (Å²) in [7, 11) is 1.86. The Balaban J connectivity index is 2.49. The van der Waals surface area contributed by atoms with Gasteiger partial charge in [0.05, 0.1) is 0 Å². The lowest BCUT2D eigenvalue weighted by atomic mass is 10.1. The van der Waals surface area contributed by atoms with Crippen molar-refractivity contribution < 1.29 is 4.74 Å². The van der Waals surface area contributed by atoms with Crippen molar-refractivity contribution in [2.24, 2.45) is 0 Å². The second-order valence-corrected chi connectivity index (χ2v) is 5.64. The molecule has 1 N–H and O–H groups in total. The zero-order valence-electron chi connectivity index (χ0n) is 12.5. The molecule has 0 radical (unpaired) electrons. The first-order chi connectivity index (χ1) is 9.93. The van der Waals surface area contributed by atoms with Crippen LogP contribution in [0.4, 0.5) is 5.95 Å². The van der Waals surface area contributed by atoms with Crippen molar-refractivity contribution in [1.82, 2.24) is 9.97 Å². The molecule has 2 rings (SSSR count). The van der Waals surface area contributed by atoms with Crippen molar-refractivity contribution in [2.75, 3.05) is 18.5 Å². The van der Waals surface area contributed by atoms with Gasteiger partial charge in [0.1, 0.15) is 10.2 Å². The van der Waals surface area contributed by atoms with Gasteiger partial charge in [-0.25, -0.2) is 0 Å². The van der Waals surface area contributed by atoms with E-state index in [-0.39, 0.29) is 11.4 Å². The number of rotatable bonds is 4. The minimum atomic E-state index is -0.262. The van der Waals surface area contributed by atoms with Crippen LogP contribution in [0.25, 0.3) is 0 Å². The Morgan fingerprint density at radius 1 is 1.33 bits per heavy atom. The van der Waals surface area contributed by atoms with E-state index < -0.39 is 0 Å². The Morgan fingerprint density at radius 2 is 1.95 bits per heavy atom. The lowest BCUT2D eigenvalue weighted by Crippen LogP contribution is -2.23. The number of benzene rings is 1. The normalized spacial score (nSPS) is 10.5. The summed E-state index contributed by atoms with van der Waals surface area (Å²) in [5, 5.41) is 0. The Labute approximate surface area is 132 Å². The zero-order valence-corrected chi connectivity index (χ0v) is 14.1. The molecule has 0 aliphatic carbocycles. The third-order valence-electron chi connectivity index (χ3n) is 3.26. The summed E-state index contributed by atoms with van der Waals surface area (Å²) in [6, 6.07) is 5.89. The molecular weight excluding hydrogens is 334 g/mol. The number of hydrogen-bond donors (Lipinski definition) is 1. The van der Waals surface area contributed by atoms with Gasteiger partial charge in [-0.3, -0.25) is 9.78 Å². The largest absolute Gasteiger partial charge is 0.437 e. The van der Waals surface area contributed by atoms with E-state index in [2.05, 4.69) is 25.9 Å². The number of ether oxygens (including phenoxy) is 1. The quantitative estimate of drug-likeness (QED) is 0.916. The van der Waals surface area contributed by atoms with E-state index in [0.29, 0.717) is 10.4 Å². The molecule has 0 atom stereocenters. The Morgan fingerprint density at radius 3 is 2.52 bits per heavy atom. The van der Waals surface area contributed by atoms with E-state index in [1.54, 1.807) is 0 Å². The third-order valence-corrected chi connectivity index (χ3v) is 3.96. The highest BCUT2D eigenvalue weighted by atomic mass is 79.9. The number of aromatic amines is 1. The molecule has 1 aromatic heterocycles. The summed E-state index contributed by atoms with van der Waals surface area (Å²) in [6.45, 7) is 6.63. The molecule has 0 aliphatic heterocycles. The molecule has 21 heavy (non-hydrogen) atoms. The highest BCUT2D eigenvalue weighted by Crippen LogP contribution is 2.30. The van der Waals surface area contributed by atoms with Gasteiger partial charge in [0.2, 0.25) is 11.8 Å². The predicted molar refractivity (Wildman–Crippen MR) is 87.5 cm³/mol. The lowest BCUT2D eigenvalue weighted by molar-refractivity contribution is 0.450. The third kappa shape index (κ3) is 3.26. The lowest BCUT2D eigenvalue weighted by Gasteiger charge is -2.17. The molecule has 6 heteroatoms. The van der Waals surface area contributed by atoms with Gasteiger partial charge in [0.15, 0.2) is 0 Å². The number of nitrogens with zero attached hydrogens (tertiary/aromatic N) is 2. The number of hydrogen-bond acceptors (Lipinski definition) is 4. The van der Waals surface area contributed by atoms with Crippen LogP contribution in [-0.4, -0.2) is 23.6 Å². The van der Waals surface area contributed by atoms with Crippen molar-refractivity contribution in [2.45, 2.75) is 20.8 Å². The average Bonchev–Trinajstić information content (AvgIpc) is 2.46. The number of halogens is 1. The van der Waals surface area contributed by atoms with Crippen LogP contribution in [0.5, 0.6) is 11.6 Å². The molecule has 0 amide bonds. The molecule has 0 spiro atoms. The van der Waals surface area contributed by atoms with Crippen LogP contribution in [0.3, 0.4) is 0 Å². The van der Waals surface area contributed by atoms with E-state index in [9.17, 15) is 4.79 Å². The van der Waals surface area contributed by atoms with E-state index >= 15 is 0 Å². The van der Waals surface area contributed by atoms with Gasteiger partial charge >= 0.3 is 0 Å². The molecule has 5 nitrogen and oxygen atoms in total. The Hall–Kier alpha value is -1.82. The number of aryl methyl sites for hydroxylation is 2. The maximum absolute atomic E-state index is 12.0. The van der Waals surface area contributed by atoms with Gasteiger partial charge in [-0.15, -0.1) is 0 Å². The topological polar surface area (TPSA) is 58.2 Å². The fourth-order valence-electron chi connectivity index (χ4n) is 1.88. The fourth-order valence-corrected chi connectivity index (χ4v) is 2.15.